The maximum absolute atomic E-state index is 12.4. The van der Waals surface area contributed by atoms with Gasteiger partial charge in [0, 0.05) is 10.7 Å². The lowest BCUT2D eigenvalue weighted by atomic mass is 10.3. The van der Waals surface area contributed by atoms with Crippen molar-refractivity contribution < 1.29 is 21.6 Å². The molecule has 0 aliphatic rings. The zero-order valence-corrected chi connectivity index (χ0v) is 9.49. The number of nitrogens with one attached hydrogen (secondary N) is 1. The van der Waals surface area contributed by atoms with Crippen LogP contribution in [0.2, 0.25) is 0 Å². The van der Waals surface area contributed by atoms with Crippen LogP contribution in [0.5, 0.6) is 0 Å². The van der Waals surface area contributed by atoms with Crippen LogP contribution in [-0.4, -0.2) is 18.4 Å². The van der Waals surface area contributed by atoms with Crippen molar-refractivity contribution in [2.45, 2.75) is 11.1 Å². The molecule has 1 aromatic carbocycles. The Labute approximate surface area is 97.8 Å². The van der Waals surface area contributed by atoms with Crippen LogP contribution in [0.4, 0.5) is 13.2 Å². The normalized spacial score (nSPS) is 13.2. The van der Waals surface area contributed by atoms with Crippen LogP contribution in [0.3, 0.4) is 0 Å². The van der Waals surface area contributed by atoms with Gasteiger partial charge in [-0.05, 0) is 12.1 Å². The number of nitrogens with zero attached hydrogens (tertiary/aromatic N) is 1. The SMILES string of the molecule is O=S(=O)(Cl)c1cccc2[nH]c(C(F)(F)F)nc12. The molecule has 92 valence electrons. The third-order valence-corrected chi connectivity index (χ3v) is 3.36. The predicted octanol–water partition coefficient (Wildman–Crippen LogP) is 2.51. The minimum absolute atomic E-state index is 0.0425. The molecular formula is C8H4ClF3N2O2S. The van der Waals surface area contributed by atoms with Crippen LogP contribution in [-0.2, 0) is 15.2 Å². The summed E-state index contributed by atoms with van der Waals surface area (Å²) in [4.78, 5) is 4.74. The first-order valence-electron chi connectivity index (χ1n) is 4.20. The van der Waals surface area contributed by atoms with E-state index in [1.807, 2.05) is 4.98 Å². The summed E-state index contributed by atoms with van der Waals surface area (Å²) < 4.78 is 59.4. The van der Waals surface area contributed by atoms with E-state index < -0.39 is 25.9 Å². The number of aromatic nitrogens is 2. The molecule has 1 aromatic heterocycles. The molecule has 0 amide bonds. The smallest absolute Gasteiger partial charge is 0.334 e. The fourth-order valence-electron chi connectivity index (χ4n) is 1.34. The maximum atomic E-state index is 12.4. The second-order valence-corrected chi connectivity index (χ2v) is 5.71. The molecule has 1 heterocycles. The van der Waals surface area contributed by atoms with Gasteiger partial charge in [0.1, 0.15) is 10.4 Å². The van der Waals surface area contributed by atoms with Gasteiger partial charge >= 0.3 is 6.18 Å². The van der Waals surface area contributed by atoms with Crippen molar-refractivity contribution in [2.75, 3.05) is 0 Å². The summed E-state index contributed by atoms with van der Waals surface area (Å²) in [6, 6.07) is 3.64. The fraction of sp³-hybridized carbons (Fsp3) is 0.125. The van der Waals surface area contributed by atoms with Gasteiger partial charge in [0.15, 0.2) is 0 Å². The number of fused-ring (bicyclic) bond motifs is 1. The molecule has 1 N–H and O–H groups in total. The van der Waals surface area contributed by atoms with E-state index in [9.17, 15) is 21.6 Å². The van der Waals surface area contributed by atoms with Crippen molar-refractivity contribution >= 4 is 30.8 Å². The quantitative estimate of drug-likeness (QED) is 0.819. The lowest BCUT2D eigenvalue weighted by Gasteiger charge is -1.99. The molecule has 0 bridgehead atoms. The molecule has 0 atom stereocenters. The summed E-state index contributed by atoms with van der Waals surface area (Å²) in [6.45, 7) is 0. The second kappa shape index (κ2) is 3.61. The molecule has 0 saturated carbocycles. The number of halogens is 4. The van der Waals surface area contributed by atoms with Crippen LogP contribution in [0, 0.1) is 0 Å². The molecule has 0 aliphatic heterocycles. The van der Waals surface area contributed by atoms with E-state index in [1.54, 1.807) is 0 Å². The Hall–Kier alpha value is -1.28. The number of para-hydroxylation sites is 1. The highest BCUT2D eigenvalue weighted by molar-refractivity contribution is 8.14. The number of aromatic amines is 1. The summed E-state index contributed by atoms with van der Waals surface area (Å²) in [7, 11) is 0.959. The van der Waals surface area contributed by atoms with E-state index in [0.29, 0.717) is 0 Å². The van der Waals surface area contributed by atoms with E-state index in [1.165, 1.54) is 12.1 Å². The van der Waals surface area contributed by atoms with Crippen molar-refractivity contribution in [1.82, 2.24) is 9.97 Å². The monoisotopic (exact) mass is 284 g/mol. The van der Waals surface area contributed by atoms with E-state index in [4.69, 9.17) is 10.7 Å². The highest BCUT2D eigenvalue weighted by Crippen LogP contribution is 2.31. The average Bonchev–Trinajstić information content (AvgIpc) is 2.57. The summed E-state index contributed by atoms with van der Waals surface area (Å²) >= 11 is 0. The molecule has 0 spiro atoms. The van der Waals surface area contributed by atoms with Gasteiger partial charge in [0.05, 0.1) is 5.52 Å². The number of hydrogen-bond acceptors (Lipinski definition) is 3. The predicted molar refractivity (Wildman–Crippen MR) is 54.1 cm³/mol. The summed E-state index contributed by atoms with van der Waals surface area (Å²) in [5.41, 5.74) is -0.367. The Morgan fingerprint density at radius 3 is 2.47 bits per heavy atom. The number of imidazole rings is 1. The molecule has 0 saturated heterocycles. The number of H-pyrrole nitrogens is 1. The minimum atomic E-state index is -4.67. The number of alkyl halides is 3. The first kappa shape index (κ1) is 12.2. The van der Waals surface area contributed by atoms with E-state index in [0.717, 1.165) is 6.07 Å². The maximum Gasteiger partial charge on any atom is 0.449 e. The van der Waals surface area contributed by atoms with Gasteiger partial charge in [0.2, 0.25) is 5.82 Å². The minimum Gasteiger partial charge on any atom is -0.334 e. The Bertz CT molecular complexity index is 678. The molecule has 2 rings (SSSR count). The third kappa shape index (κ3) is 2.22. The van der Waals surface area contributed by atoms with Gasteiger partial charge in [-0.25, -0.2) is 13.4 Å². The van der Waals surface area contributed by atoms with Crippen molar-refractivity contribution in [1.29, 1.82) is 0 Å². The molecule has 2 aromatic rings. The number of hydrogen-bond donors (Lipinski definition) is 1. The number of rotatable bonds is 1. The molecule has 17 heavy (non-hydrogen) atoms. The molecular weight excluding hydrogens is 281 g/mol. The van der Waals surface area contributed by atoms with E-state index in [-0.39, 0.29) is 11.0 Å². The Balaban J connectivity index is 2.79. The van der Waals surface area contributed by atoms with Gasteiger partial charge < -0.3 is 4.98 Å². The molecule has 0 fully saturated rings. The highest BCUT2D eigenvalue weighted by atomic mass is 35.7. The van der Waals surface area contributed by atoms with Crippen LogP contribution < -0.4 is 0 Å². The van der Waals surface area contributed by atoms with Gasteiger partial charge in [0.25, 0.3) is 9.05 Å². The zero-order chi connectivity index (χ0) is 12.8. The summed E-state index contributed by atoms with van der Waals surface area (Å²) in [5, 5.41) is 0. The first-order chi connectivity index (χ1) is 7.69. The third-order valence-electron chi connectivity index (χ3n) is 2.01. The molecule has 4 nitrogen and oxygen atoms in total. The fourth-order valence-corrected chi connectivity index (χ4v) is 2.34. The lowest BCUT2D eigenvalue weighted by Crippen LogP contribution is -2.07. The highest BCUT2D eigenvalue weighted by Gasteiger charge is 2.35. The number of benzene rings is 1. The van der Waals surface area contributed by atoms with Crippen LogP contribution in [0.1, 0.15) is 5.82 Å². The van der Waals surface area contributed by atoms with Gasteiger partial charge in [-0.2, -0.15) is 13.2 Å². The summed E-state index contributed by atoms with van der Waals surface area (Å²) in [6.07, 6.45) is -4.67. The van der Waals surface area contributed by atoms with Gasteiger partial charge in [-0.1, -0.05) is 6.07 Å². The molecule has 0 radical (unpaired) electrons. The Kier molecular flexibility index (Phi) is 2.58. The molecule has 9 heteroatoms. The topological polar surface area (TPSA) is 62.8 Å². The zero-order valence-electron chi connectivity index (χ0n) is 7.92. The van der Waals surface area contributed by atoms with E-state index in [2.05, 4.69) is 4.98 Å². The largest absolute Gasteiger partial charge is 0.449 e. The van der Waals surface area contributed by atoms with E-state index >= 15 is 0 Å². The average molecular weight is 285 g/mol. The summed E-state index contributed by atoms with van der Waals surface area (Å²) in [5.74, 6) is -1.26. The molecule has 0 aliphatic carbocycles. The van der Waals surface area contributed by atoms with Crippen molar-refractivity contribution in [2.24, 2.45) is 0 Å². The van der Waals surface area contributed by atoms with Crippen molar-refractivity contribution in [3.8, 4) is 0 Å². The molecule has 0 unspecified atom stereocenters. The van der Waals surface area contributed by atoms with Crippen molar-refractivity contribution in [3.63, 3.8) is 0 Å². The van der Waals surface area contributed by atoms with Crippen molar-refractivity contribution in [3.05, 3.63) is 24.0 Å². The van der Waals surface area contributed by atoms with Crippen LogP contribution in [0.15, 0.2) is 23.1 Å². The van der Waals surface area contributed by atoms with Gasteiger partial charge in [-0.15, -0.1) is 0 Å². The van der Waals surface area contributed by atoms with Gasteiger partial charge in [-0.3, -0.25) is 0 Å². The Morgan fingerprint density at radius 1 is 1.29 bits per heavy atom. The first-order valence-corrected chi connectivity index (χ1v) is 6.51. The Morgan fingerprint density at radius 2 is 1.94 bits per heavy atom. The van der Waals surface area contributed by atoms with Crippen LogP contribution in [0.25, 0.3) is 11.0 Å². The second-order valence-electron chi connectivity index (χ2n) is 3.17. The lowest BCUT2D eigenvalue weighted by molar-refractivity contribution is -0.144. The standard InChI is InChI=1S/C8H4ClF3N2O2S/c9-17(15,16)5-3-1-2-4-6(5)14-7(13-4)8(10,11)12/h1-3H,(H,13,14). The van der Waals surface area contributed by atoms with Crippen LogP contribution >= 0.6 is 10.7 Å².